The Hall–Kier alpha value is -1.40. The minimum atomic E-state index is -1.07. The molecular weight excluding hydrogens is 224 g/mol. The van der Waals surface area contributed by atoms with Gasteiger partial charge in [0, 0.05) is 18.7 Å². The van der Waals surface area contributed by atoms with Gasteiger partial charge in [-0.2, -0.15) is 0 Å². The van der Waals surface area contributed by atoms with Gasteiger partial charge in [0.05, 0.1) is 13.2 Å². The summed E-state index contributed by atoms with van der Waals surface area (Å²) >= 11 is 0. The van der Waals surface area contributed by atoms with Crippen molar-refractivity contribution in [1.82, 2.24) is 10.5 Å². The number of rotatable bonds is 5. The van der Waals surface area contributed by atoms with Crippen molar-refractivity contribution < 1.29 is 19.2 Å². The first-order valence-corrected chi connectivity index (χ1v) is 5.67. The molecule has 0 amide bonds. The molecule has 1 fully saturated rings. The summed E-state index contributed by atoms with van der Waals surface area (Å²) in [6.45, 7) is 4.18. The van der Waals surface area contributed by atoms with Gasteiger partial charge >= 0.3 is 5.97 Å². The van der Waals surface area contributed by atoms with Crippen LogP contribution in [0.1, 0.15) is 29.6 Å². The Balaban J connectivity index is 1.82. The van der Waals surface area contributed by atoms with Crippen LogP contribution in [0.5, 0.6) is 0 Å². The molecule has 1 aliphatic rings. The monoisotopic (exact) mass is 240 g/mol. The maximum atomic E-state index is 10.6. The Morgan fingerprint density at radius 2 is 2.59 bits per heavy atom. The minimum absolute atomic E-state index is 0.0568. The van der Waals surface area contributed by atoms with Crippen LogP contribution < -0.4 is 5.32 Å². The van der Waals surface area contributed by atoms with Crippen molar-refractivity contribution >= 4 is 5.97 Å². The number of nitrogens with zero attached hydrogens (tertiary/aromatic N) is 1. The fourth-order valence-corrected chi connectivity index (χ4v) is 1.87. The molecule has 2 rings (SSSR count). The lowest BCUT2D eigenvalue weighted by Crippen LogP contribution is -2.33. The molecule has 1 saturated heterocycles. The van der Waals surface area contributed by atoms with Crippen LogP contribution in [0.2, 0.25) is 0 Å². The molecule has 2 heterocycles. The fourth-order valence-electron chi connectivity index (χ4n) is 1.87. The van der Waals surface area contributed by atoms with Gasteiger partial charge in [-0.05, 0) is 19.3 Å². The van der Waals surface area contributed by atoms with Gasteiger partial charge in [-0.15, -0.1) is 0 Å². The average Bonchev–Trinajstić information content (AvgIpc) is 2.97. The first kappa shape index (κ1) is 12.1. The maximum Gasteiger partial charge on any atom is 0.358 e. The molecule has 2 unspecified atom stereocenters. The smallest absolute Gasteiger partial charge is 0.358 e. The van der Waals surface area contributed by atoms with E-state index in [4.69, 9.17) is 14.4 Å². The zero-order valence-electron chi connectivity index (χ0n) is 9.68. The topological polar surface area (TPSA) is 84.6 Å². The second-order valence-corrected chi connectivity index (χ2v) is 4.28. The molecule has 94 valence electrons. The van der Waals surface area contributed by atoms with Crippen LogP contribution in [0.4, 0.5) is 0 Å². The second kappa shape index (κ2) is 5.29. The lowest BCUT2D eigenvalue weighted by Gasteiger charge is -2.18. The van der Waals surface area contributed by atoms with Gasteiger partial charge in [-0.3, -0.25) is 0 Å². The highest BCUT2D eigenvalue weighted by atomic mass is 16.5. The SMILES string of the molecule is CC(NCc1cc(C(=O)O)no1)C1CCOC1. The van der Waals surface area contributed by atoms with E-state index in [1.54, 1.807) is 0 Å². The molecule has 6 heteroatoms. The zero-order valence-corrected chi connectivity index (χ0v) is 9.68. The van der Waals surface area contributed by atoms with E-state index in [1.165, 1.54) is 6.07 Å². The predicted molar refractivity (Wildman–Crippen MR) is 58.7 cm³/mol. The van der Waals surface area contributed by atoms with Crippen LogP contribution in [-0.4, -0.2) is 35.5 Å². The molecule has 2 atom stereocenters. The third-order valence-corrected chi connectivity index (χ3v) is 3.05. The Morgan fingerprint density at radius 3 is 3.18 bits per heavy atom. The molecule has 6 nitrogen and oxygen atoms in total. The van der Waals surface area contributed by atoms with E-state index in [-0.39, 0.29) is 5.69 Å². The highest BCUT2D eigenvalue weighted by molar-refractivity contribution is 5.85. The van der Waals surface area contributed by atoms with Crippen LogP contribution in [0.25, 0.3) is 0 Å². The number of nitrogens with one attached hydrogen (secondary N) is 1. The fraction of sp³-hybridized carbons (Fsp3) is 0.636. The summed E-state index contributed by atoms with van der Waals surface area (Å²) in [5, 5.41) is 15.4. The lowest BCUT2D eigenvalue weighted by atomic mass is 10.0. The average molecular weight is 240 g/mol. The first-order chi connectivity index (χ1) is 8.16. The Morgan fingerprint density at radius 1 is 1.76 bits per heavy atom. The molecule has 1 aromatic heterocycles. The number of aromatic carboxylic acids is 1. The van der Waals surface area contributed by atoms with Crippen LogP contribution in [0.15, 0.2) is 10.6 Å². The molecule has 0 bridgehead atoms. The number of hydrogen-bond acceptors (Lipinski definition) is 5. The van der Waals surface area contributed by atoms with E-state index in [2.05, 4.69) is 17.4 Å². The van der Waals surface area contributed by atoms with Crippen LogP contribution in [0, 0.1) is 5.92 Å². The van der Waals surface area contributed by atoms with Crippen LogP contribution in [-0.2, 0) is 11.3 Å². The van der Waals surface area contributed by atoms with Gasteiger partial charge in [-0.25, -0.2) is 4.79 Å². The van der Waals surface area contributed by atoms with E-state index >= 15 is 0 Å². The highest BCUT2D eigenvalue weighted by Crippen LogP contribution is 2.16. The van der Waals surface area contributed by atoms with Gasteiger partial charge in [0.25, 0.3) is 0 Å². The second-order valence-electron chi connectivity index (χ2n) is 4.28. The van der Waals surface area contributed by atoms with E-state index < -0.39 is 5.97 Å². The summed E-state index contributed by atoms with van der Waals surface area (Å²) < 4.78 is 10.2. The van der Waals surface area contributed by atoms with E-state index in [0.29, 0.717) is 24.3 Å². The van der Waals surface area contributed by atoms with Crippen molar-refractivity contribution in [3.8, 4) is 0 Å². The molecule has 1 aliphatic heterocycles. The molecular formula is C11H16N2O4. The van der Waals surface area contributed by atoms with Crippen molar-refractivity contribution in [3.63, 3.8) is 0 Å². The molecule has 0 aromatic carbocycles. The van der Waals surface area contributed by atoms with Crippen molar-refractivity contribution in [1.29, 1.82) is 0 Å². The Bertz CT molecular complexity index is 385. The number of carboxylic acids is 1. The highest BCUT2D eigenvalue weighted by Gasteiger charge is 2.22. The lowest BCUT2D eigenvalue weighted by molar-refractivity contribution is 0.0685. The largest absolute Gasteiger partial charge is 0.476 e. The maximum absolute atomic E-state index is 10.6. The molecule has 1 aromatic rings. The number of carbonyl (C=O) groups is 1. The van der Waals surface area contributed by atoms with Crippen molar-refractivity contribution in [2.75, 3.05) is 13.2 Å². The van der Waals surface area contributed by atoms with Crippen molar-refractivity contribution in [2.45, 2.75) is 25.9 Å². The third-order valence-electron chi connectivity index (χ3n) is 3.05. The molecule has 0 saturated carbocycles. The summed E-state index contributed by atoms with van der Waals surface area (Å²) in [5.41, 5.74) is -0.0568. The molecule has 0 aliphatic carbocycles. The number of ether oxygens (including phenoxy) is 1. The van der Waals surface area contributed by atoms with Gasteiger partial charge in [0.1, 0.15) is 0 Å². The number of carboxylic acid groups (broad SMARTS) is 1. The molecule has 0 spiro atoms. The number of hydrogen-bond donors (Lipinski definition) is 2. The summed E-state index contributed by atoms with van der Waals surface area (Å²) in [4.78, 5) is 10.6. The number of aromatic nitrogens is 1. The summed E-state index contributed by atoms with van der Waals surface area (Å²) in [7, 11) is 0. The minimum Gasteiger partial charge on any atom is -0.476 e. The quantitative estimate of drug-likeness (QED) is 0.795. The zero-order chi connectivity index (χ0) is 12.3. The van der Waals surface area contributed by atoms with Gasteiger partial charge in [-0.1, -0.05) is 5.16 Å². The van der Waals surface area contributed by atoms with E-state index in [1.807, 2.05) is 0 Å². The summed E-state index contributed by atoms with van der Waals surface area (Å²) in [6, 6.07) is 1.75. The van der Waals surface area contributed by atoms with Crippen LogP contribution in [0.3, 0.4) is 0 Å². The van der Waals surface area contributed by atoms with E-state index in [0.717, 1.165) is 19.6 Å². The van der Waals surface area contributed by atoms with Gasteiger partial charge in [0.2, 0.25) is 0 Å². The van der Waals surface area contributed by atoms with Crippen molar-refractivity contribution in [2.24, 2.45) is 5.92 Å². The Labute approximate surface area is 98.9 Å². The van der Waals surface area contributed by atoms with Crippen LogP contribution >= 0.6 is 0 Å². The Kier molecular flexibility index (Phi) is 3.75. The van der Waals surface area contributed by atoms with E-state index in [9.17, 15) is 4.79 Å². The molecule has 17 heavy (non-hydrogen) atoms. The summed E-state index contributed by atoms with van der Waals surface area (Å²) in [5.74, 6) is -0.0257. The van der Waals surface area contributed by atoms with Crippen molar-refractivity contribution in [3.05, 3.63) is 17.5 Å². The predicted octanol–water partition coefficient (Wildman–Crippen LogP) is 0.887. The third kappa shape index (κ3) is 3.04. The van der Waals surface area contributed by atoms with Gasteiger partial charge < -0.3 is 19.7 Å². The molecule has 0 radical (unpaired) electrons. The summed E-state index contributed by atoms with van der Waals surface area (Å²) in [6.07, 6.45) is 1.06. The normalized spacial score (nSPS) is 21.6. The standard InChI is InChI=1S/C11H16N2O4/c1-7(8-2-3-16-6-8)12-5-9-4-10(11(14)15)13-17-9/h4,7-8,12H,2-3,5-6H2,1H3,(H,14,15). The first-order valence-electron chi connectivity index (χ1n) is 5.67. The molecule has 2 N–H and O–H groups in total. The van der Waals surface area contributed by atoms with Gasteiger partial charge in [0.15, 0.2) is 11.5 Å².